The van der Waals surface area contributed by atoms with Crippen LogP contribution in [0.3, 0.4) is 0 Å². The van der Waals surface area contributed by atoms with Crippen molar-refractivity contribution in [3.05, 3.63) is 0 Å². The highest BCUT2D eigenvalue weighted by molar-refractivity contribution is 5.73. The van der Waals surface area contributed by atoms with Gasteiger partial charge in [-0.1, -0.05) is 38.5 Å². The lowest BCUT2D eigenvalue weighted by Crippen LogP contribution is -2.39. The van der Waals surface area contributed by atoms with Gasteiger partial charge in [-0.05, 0) is 44.6 Å². The summed E-state index contributed by atoms with van der Waals surface area (Å²) in [5, 5.41) is 31.1. The molecule has 0 aliphatic heterocycles. The Balaban J connectivity index is 2.13. The minimum Gasteiger partial charge on any atom is -0.481 e. The van der Waals surface area contributed by atoms with Crippen molar-refractivity contribution in [3.63, 3.8) is 0 Å². The zero-order chi connectivity index (χ0) is 17.8. The van der Waals surface area contributed by atoms with Crippen LogP contribution in [0, 0.1) is 5.92 Å². The molecule has 140 valence electrons. The molecule has 4 N–H and O–H groups in total. The zero-order valence-corrected chi connectivity index (χ0v) is 14.6. The van der Waals surface area contributed by atoms with Gasteiger partial charge in [0.15, 0.2) is 0 Å². The summed E-state index contributed by atoms with van der Waals surface area (Å²) in [6.45, 7) is 0.521. The number of aliphatic hydroxyl groups is 1. The maximum Gasteiger partial charge on any atom is 0.320 e. The average molecular weight is 343 g/mol. The Morgan fingerprint density at radius 3 is 2.25 bits per heavy atom. The van der Waals surface area contributed by atoms with Crippen LogP contribution in [-0.4, -0.2) is 45.9 Å². The van der Waals surface area contributed by atoms with Gasteiger partial charge < -0.3 is 20.6 Å². The number of hydrogen-bond donors (Lipinski definition) is 4. The standard InChI is InChI=1S/C18H33NO5/c20-16(14-8-4-3-5-9-14)12-13-19-15(18(23)24)10-6-1-2-7-11-17(21)22/h14-16,19-20H,1-13H2,(H,21,22)(H,23,24)/t15-,16-/m0/s1. The Labute approximate surface area is 144 Å². The van der Waals surface area contributed by atoms with Crippen LogP contribution in [0.25, 0.3) is 0 Å². The van der Waals surface area contributed by atoms with Crippen molar-refractivity contribution < 1.29 is 24.9 Å². The van der Waals surface area contributed by atoms with Gasteiger partial charge >= 0.3 is 11.9 Å². The second kappa shape index (κ2) is 12.3. The van der Waals surface area contributed by atoms with Crippen molar-refractivity contribution in [1.29, 1.82) is 0 Å². The number of aliphatic hydroxyl groups excluding tert-OH is 1. The van der Waals surface area contributed by atoms with Crippen molar-refractivity contribution in [2.45, 2.75) is 89.2 Å². The molecular weight excluding hydrogens is 310 g/mol. The smallest absolute Gasteiger partial charge is 0.320 e. The summed E-state index contributed by atoms with van der Waals surface area (Å²) in [7, 11) is 0. The molecule has 2 atom stereocenters. The molecule has 0 amide bonds. The fourth-order valence-corrected chi connectivity index (χ4v) is 3.45. The Bertz CT molecular complexity index is 368. The van der Waals surface area contributed by atoms with Crippen LogP contribution in [0.15, 0.2) is 0 Å². The molecule has 6 heteroatoms. The molecule has 0 unspecified atom stereocenters. The van der Waals surface area contributed by atoms with E-state index >= 15 is 0 Å². The summed E-state index contributed by atoms with van der Waals surface area (Å²) >= 11 is 0. The Morgan fingerprint density at radius 1 is 0.958 bits per heavy atom. The summed E-state index contributed by atoms with van der Waals surface area (Å²) < 4.78 is 0. The molecule has 0 bridgehead atoms. The highest BCUT2D eigenvalue weighted by Gasteiger charge is 2.22. The number of rotatable bonds is 13. The number of carboxylic acid groups (broad SMARTS) is 2. The molecular formula is C18H33NO5. The molecule has 1 aliphatic rings. The van der Waals surface area contributed by atoms with Crippen molar-refractivity contribution in [1.82, 2.24) is 5.32 Å². The van der Waals surface area contributed by atoms with Gasteiger partial charge in [0.25, 0.3) is 0 Å². The number of carbonyl (C=O) groups is 2. The van der Waals surface area contributed by atoms with E-state index in [0.29, 0.717) is 31.7 Å². The minimum absolute atomic E-state index is 0.180. The first-order valence-corrected chi connectivity index (χ1v) is 9.36. The summed E-state index contributed by atoms with van der Waals surface area (Å²) in [5.41, 5.74) is 0. The molecule has 24 heavy (non-hydrogen) atoms. The van der Waals surface area contributed by atoms with Gasteiger partial charge in [-0.25, -0.2) is 0 Å². The number of hydrogen-bond acceptors (Lipinski definition) is 4. The predicted molar refractivity (Wildman–Crippen MR) is 92.0 cm³/mol. The summed E-state index contributed by atoms with van der Waals surface area (Å²) in [6, 6.07) is -0.581. The van der Waals surface area contributed by atoms with Crippen LogP contribution in [0.2, 0.25) is 0 Å². The molecule has 0 aromatic carbocycles. The fourth-order valence-electron chi connectivity index (χ4n) is 3.45. The average Bonchev–Trinajstić information content (AvgIpc) is 2.56. The normalized spacial score (nSPS) is 18.2. The molecule has 1 saturated carbocycles. The summed E-state index contributed by atoms with van der Waals surface area (Å²) in [6.07, 6.45) is 9.89. The summed E-state index contributed by atoms with van der Waals surface area (Å²) in [4.78, 5) is 21.7. The van der Waals surface area contributed by atoms with Crippen LogP contribution in [-0.2, 0) is 9.59 Å². The van der Waals surface area contributed by atoms with E-state index in [1.807, 2.05) is 0 Å². The van der Waals surface area contributed by atoms with E-state index in [2.05, 4.69) is 5.32 Å². The van der Waals surface area contributed by atoms with E-state index in [1.165, 1.54) is 19.3 Å². The first-order chi connectivity index (χ1) is 11.5. The largest absolute Gasteiger partial charge is 0.481 e. The third-order valence-corrected chi connectivity index (χ3v) is 4.96. The molecule has 6 nitrogen and oxygen atoms in total. The van der Waals surface area contributed by atoms with Gasteiger partial charge in [0.1, 0.15) is 6.04 Å². The highest BCUT2D eigenvalue weighted by atomic mass is 16.4. The van der Waals surface area contributed by atoms with E-state index in [-0.39, 0.29) is 12.5 Å². The zero-order valence-electron chi connectivity index (χ0n) is 14.6. The monoisotopic (exact) mass is 343 g/mol. The van der Waals surface area contributed by atoms with Gasteiger partial charge in [0, 0.05) is 6.42 Å². The first-order valence-electron chi connectivity index (χ1n) is 9.36. The van der Waals surface area contributed by atoms with E-state index in [0.717, 1.165) is 32.1 Å². The number of carboxylic acids is 2. The van der Waals surface area contributed by atoms with E-state index < -0.39 is 18.0 Å². The van der Waals surface area contributed by atoms with E-state index in [4.69, 9.17) is 5.11 Å². The van der Waals surface area contributed by atoms with Crippen molar-refractivity contribution in [2.75, 3.05) is 6.54 Å². The number of nitrogens with one attached hydrogen (secondary N) is 1. The third kappa shape index (κ3) is 9.23. The second-order valence-corrected chi connectivity index (χ2v) is 6.95. The minimum atomic E-state index is -0.854. The third-order valence-electron chi connectivity index (χ3n) is 4.96. The summed E-state index contributed by atoms with van der Waals surface area (Å²) in [5.74, 6) is -1.26. The quantitative estimate of drug-likeness (QED) is 0.383. The molecule has 0 heterocycles. The predicted octanol–water partition coefficient (Wildman–Crippen LogP) is 2.79. The van der Waals surface area contributed by atoms with Crippen molar-refractivity contribution >= 4 is 11.9 Å². The lowest BCUT2D eigenvalue weighted by atomic mass is 9.84. The van der Waals surface area contributed by atoms with Crippen LogP contribution < -0.4 is 5.32 Å². The van der Waals surface area contributed by atoms with Gasteiger partial charge in [-0.2, -0.15) is 0 Å². The number of aliphatic carboxylic acids is 2. The van der Waals surface area contributed by atoms with E-state index in [9.17, 15) is 19.8 Å². The highest BCUT2D eigenvalue weighted by Crippen LogP contribution is 2.27. The Morgan fingerprint density at radius 2 is 1.62 bits per heavy atom. The van der Waals surface area contributed by atoms with Gasteiger partial charge in [-0.3, -0.25) is 9.59 Å². The Hall–Kier alpha value is -1.14. The molecule has 0 aromatic rings. The van der Waals surface area contributed by atoms with Crippen LogP contribution in [0.1, 0.15) is 77.0 Å². The second-order valence-electron chi connectivity index (χ2n) is 6.95. The topological polar surface area (TPSA) is 107 Å². The molecule has 0 saturated heterocycles. The SMILES string of the molecule is O=C(O)CCCCCC[C@H](NCC[C@H](O)C1CCCCC1)C(=O)O. The van der Waals surface area contributed by atoms with Gasteiger partial charge in [0.05, 0.1) is 6.10 Å². The maximum atomic E-state index is 11.3. The van der Waals surface area contributed by atoms with Crippen molar-refractivity contribution in [2.24, 2.45) is 5.92 Å². The van der Waals surface area contributed by atoms with Crippen molar-refractivity contribution in [3.8, 4) is 0 Å². The van der Waals surface area contributed by atoms with Crippen LogP contribution in [0.5, 0.6) is 0 Å². The number of unbranched alkanes of at least 4 members (excludes halogenated alkanes) is 3. The van der Waals surface area contributed by atoms with Crippen LogP contribution >= 0.6 is 0 Å². The van der Waals surface area contributed by atoms with E-state index in [1.54, 1.807) is 0 Å². The van der Waals surface area contributed by atoms with Crippen LogP contribution in [0.4, 0.5) is 0 Å². The molecule has 1 aliphatic carbocycles. The van der Waals surface area contributed by atoms with Gasteiger partial charge in [0.2, 0.25) is 0 Å². The molecule has 0 aromatic heterocycles. The Kier molecular flexibility index (Phi) is 10.7. The van der Waals surface area contributed by atoms with Gasteiger partial charge in [-0.15, -0.1) is 0 Å². The fraction of sp³-hybridized carbons (Fsp3) is 0.889. The molecule has 1 rings (SSSR count). The lowest BCUT2D eigenvalue weighted by molar-refractivity contribution is -0.140. The lowest BCUT2D eigenvalue weighted by Gasteiger charge is -2.27. The molecule has 0 spiro atoms. The molecule has 0 radical (unpaired) electrons. The first kappa shape index (κ1) is 20.9. The molecule has 1 fully saturated rings. The maximum absolute atomic E-state index is 11.3.